The van der Waals surface area contributed by atoms with E-state index in [-0.39, 0.29) is 20.5 Å². The maximum atomic E-state index is 11.0. The van der Waals surface area contributed by atoms with Crippen molar-refractivity contribution in [2.75, 3.05) is 0 Å². The Hall–Kier alpha value is -2.06. The van der Waals surface area contributed by atoms with Gasteiger partial charge in [0.25, 0.3) is 5.69 Å². The summed E-state index contributed by atoms with van der Waals surface area (Å²) < 4.78 is 0. The summed E-state index contributed by atoms with van der Waals surface area (Å²) in [6, 6.07) is 2.60. The van der Waals surface area contributed by atoms with Crippen LogP contribution in [-0.4, -0.2) is 21.9 Å². The summed E-state index contributed by atoms with van der Waals surface area (Å²) in [6.07, 6.45) is 0.860. The van der Waals surface area contributed by atoms with Crippen LogP contribution < -0.4 is 11.5 Å². The van der Waals surface area contributed by atoms with Crippen LogP contribution in [0.1, 0.15) is 5.56 Å². The maximum Gasteiger partial charge on any atom is 0.366 e. The van der Waals surface area contributed by atoms with Gasteiger partial charge in [0.05, 0.1) is 21.7 Å². The molecule has 1 rings (SSSR count). The molecule has 0 spiro atoms. The van der Waals surface area contributed by atoms with Crippen LogP contribution in [0.15, 0.2) is 17.2 Å². The minimum atomic E-state index is -0.736. The molecule has 0 aromatic heterocycles. The van der Waals surface area contributed by atoms with Crippen LogP contribution in [0.4, 0.5) is 5.69 Å². The topological polar surface area (TPSA) is 134 Å². The zero-order chi connectivity index (χ0) is 13.9. The Balaban J connectivity index is 3.37. The van der Waals surface area contributed by atoms with Crippen molar-refractivity contribution in [1.82, 2.24) is 0 Å². The third kappa shape index (κ3) is 2.99. The minimum Gasteiger partial charge on any atom is -0.722 e. The first-order valence-corrected chi connectivity index (χ1v) is 5.11. The molecule has 0 atom stereocenters. The van der Waals surface area contributed by atoms with E-state index in [1.165, 1.54) is 12.1 Å². The molecule has 4 N–H and O–H groups in total. The van der Waals surface area contributed by atoms with Crippen molar-refractivity contribution < 1.29 is 9.77 Å². The van der Waals surface area contributed by atoms with Crippen molar-refractivity contribution in [2.24, 2.45) is 16.6 Å². The molecule has 0 heterocycles. The van der Waals surface area contributed by atoms with Crippen molar-refractivity contribution in [3.05, 3.63) is 43.1 Å². The highest BCUT2D eigenvalue weighted by molar-refractivity contribution is 6.37. The summed E-state index contributed by atoms with van der Waals surface area (Å²) in [5.74, 6) is -0.618. The summed E-state index contributed by atoms with van der Waals surface area (Å²) in [5.41, 5.74) is 9.36. The summed E-state index contributed by atoms with van der Waals surface area (Å²) in [4.78, 5) is 9.98. The lowest BCUT2D eigenvalue weighted by Crippen LogP contribution is -2.30. The first-order valence-electron chi connectivity index (χ1n) is 4.36. The highest BCUT2D eigenvalue weighted by Crippen LogP contribution is 2.32. The van der Waals surface area contributed by atoms with E-state index in [1.807, 2.05) is 0 Å². The number of halogens is 2. The SMILES string of the molecule is NC(N)=[N+]([O-])/N=C/c1c(Cl)ccc(Cl)c1[N+](=O)[O-]. The molecule has 96 valence electrons. The monoisotopic (exact) mass is 291 g/mol. The normalized spacial score (nSPS) is 10.6. The predicted octanol–water partition coefficient (Wildman–Crippen LogP) is 1.02. The third-order valence-electron chi connectivity index (χ3n) is 1.81. The van der Waals surface area contributed by atoms with Gasteiger partial charge in [-0.15, -0.1) is 9.95 Å². The van der Waals surface area contributed by atoms with E-state index >= 15 is 0 Å². The van der Waals surface area contributed by atoms with Gasteiger partial charge < -0.3 is 5.21 Å². The van der Waals surface area contributed by atoms with Crippen LogP contribution in [0, 0.1) is 15.3 Å². The number of nitro groups is 1. The predicted molar refractivity (Wildman–Crippen MR) is 67.7 cm³/mol. The second kappa shape index (κ2) is 5.52. The van der Waals surface area contributed by atoms with E-state index in [9.17, 15) is 15.3 Å². The standard InChI is InChI=1S/C8H7Cl2N5O3/c9-5-1-2-6(10)7(15(17)18)4(5)3-13-14(16)8(11)12/h1-3H,11-12H2/b13-3+. The summed E-state index contributed by atoms with van der Waals surface area (Å²) >= 11 is 11.4. The van der Waals surface area contributed by atoms with Gasteiger partial charge in [-0.2, -0.15) is 0 Å². The first-order chi connectivity index (χ1) is 8.34. The molecule has 0 amide bonds. The Morgan fingerprint density at radius 2 is 1.83 bits per heavy atom. The number of nitrogens with two attached hydrogens (primary N) is 2. The average molecular weight is 292 g/mol. The summed E-state index contributed by atoms with van der Waals surface area (Å²) in [5, 5.41) is 24.9. The zero-order valence-corrected chi connectivity index (χ0v) is 10.2. The number of hydrogen-bond donors (Lipinski definition) is 2. The molecule has 0 radical (unpaired) electrons. The van der Waals surface area contributed by atoms with Gasteiger partial charge in [-0.25, -0.2) is 0 Å². The van der Waals surface area contributed by atoms with Gasteiger partial charge in [0.15, 0.2) is 0 Å². The lowest BCUT2D eigenvalue weighted by Gasteiger charge is -2.04. The van der Waals surface area contributed by atoms with Crippen molar-refractivity contribution in [2.45, 2.75) is 0 Å². The Morgan fingerprint density at radius 3 is 2.33 bits per heavy atom. The lowest BCUT2D eigenvalue weighted by atomic mass is 10.2. The van der Waals surface area contributed by atoms with Gasteiger partial charge >= 0.3 is 5.96 Å². The quantitative estimate of drug-likeness (QED) is 0.214. The Kier molecular flexibility index (Phi) is 4.29. The van der Waals surface area contributed by atoms with Crippen molar-refractivity contribution in [1.29, 1.82) is 0 Å². The minimum absolute atomic E-state index is 0.0128. The number of hydrogen-bond acceptors (Lipinski definition) is 4. The van der Waals surface area contributed by atoms with E-state index in [4.69, 9.17) is 34.7 Å². The van der Waals surface area contributed by atoms with E-state index in [0.717, 1.165) is 6.21 Å². The van der Waals surface area contributed by atoms with Crippen molar-refractivity contribution in [3.8, 4) is 0 Å². The molecule has 0 unspecified atom stereocenters. The van der Waals surface area contributed by atoms with Gasteiger partial charge in [-0.3, -0.25) is 21.6 Å². The lowest BCUT2D eigenvalue weighted by molar-refractivity contribution is -0.464. The fraction of sp³-hybridized carbons (Fsp3) is 0. The number of benzene rings is 1. The molecule has 10 heteroatoms. The van der Waals surface area contributed by atoms with E-state index in [1.54, 1.807) is 0 Å². The van der Waals surface area contributed by atoms with Crippen LogP contribution >= 0.6 is 23.2 Å². The molecule has 0 aliphatic carbocycles. The van der Waals surface area contributed by atoms with E-state index < -0.39 is 16.6 Å². The van der Waals surface area contributed by atoms with Crippen molar-refractivity contribution in [3.63, 3.8) is 0 Å². The van der Waals surface area contributed by atoms with Crippen LogP contribution in [-0.2, 0) is 0 Å². The molecule has 0 saturated heterocycles. The maximum absolute atomic E-state index is 11.0. The second-order valence-corrected chi connectivity index (χ2v) is 3.81. The number of nitrogens with zero attached hydrogens (tertiary/aromatic N) is 3. The van der Waals surface area contributed by atoms with Gasteiger partial charge in [0.2, 0.25) is 0 Å². The van der Waals surface area contributed by atoms with Gasteiger partial charge in [0.1, 0.15) is 5.02 Å². The molecule has 0 aliphatic heterocycles. The molecule has 0 bridgehead atoms. The van der Waals surface area contributed by atoms with Crippen LogP contribution in [0.2, 0.25) is 10.0 Å². The average Bonchev–Trinajstić information content (AvgIpc) is 2.28. The molecular weight excluding hydrogens is 285 g/mol. The van der Waals surface area contributed by atoms with Crippen LogP contribution in [0.3, 0.4) is 0 Å². The largest absolute Gasteiger partial charge is 0.722 e. The van der Waals surface area contributed by atoms with E-state index in [0.29, 0.717) is 0 Å². The number of hydrazone groups is 1. The number of rotatable bonds is 3. The van der Waals surface area contributed by atoms with Gasteiger partial charge in [-0.05, 0) is 12.1 Å². The van der Waals surface area contributed by atoms with Crippen molar-refractivity contribution >= 4 is 41.1 Å². The molecule has 0 aliphatic rings. The Bertz CT molecular complexity index is 554. The highest BCUT2D eigenvalue weighted by atomic mass is 35.5. The number of nitro benzene ring substituents is 1. The molecule has 0 saturated carbocycles. The summed E-state index contributed by atoms with van der Waals surface area (Å²) in [6.45, 7) is 0. The molecule has 18 heavy (non-hydrogen) atoms. The fourth-order valence-corrected chi connectivity index (χ4v) is 1.48. The van der Waals surface area contributed by atoms with Crippen LogP contribution in [0.5, 0.6) is 0 Å². The summed E-state index contributed by atoms with van der Waals surface area (Å²) in [7, 11) is 0. The molecule has 8 nitrogen and oxygen atoms in total. The Morgan fingerprint density at radius 1 is 1.28 bits per heavy atom. The smallest absolute Gasteiger partial charge is 0.366 e. The van der Waals surface area contributed by atoms with Gasteiger partial charge in [0, 0.05) is 0 Å². The molecule has 0 fully saturated rings. The zero-order valence-electron chi connectivity index (χ0n) is 8.71. The molecule has 1 aromatic rings. The highest BCUT2D eigenvalue weighted by Gasteiger charge is 2.20. The molecule has 1 aromatic carbocycles. The second-order valence-electron chi connectivity index (χ2n) is 2.99. The van der Waals surface area contributed by atoms with Crippen LogP contribution in [0.25, 0.3) is 0 Å². The van der Waals surface area contributed by atoms with E-state index in [2.05, 4.69) is 5.10 Å². The number of guanidine groups is 1. The fourth-order valence-electron chi connectivity index (χ4n) is 1.04. The third-order valence-corrected chi connectivity index (χ3v) is 2.44. The Labute approximate surface area is 111 Å². The van der Waals surface area contributed by atoms with Gasteiger partial charge in [-0.1, -0.05) is 23.2 Å². The molecular formula is C8H7Cl2N5O3. The first kappa shape index (κ1) is 14.0.